The van der Waals surface area contributed by atoms with Crippen LogP contribution in [0.4, 0.5) is 5.69 Å². The van der Waals surface area contributed by atoms with Crippen LogP contribution in [0.15, 0.2) is 18.3 Å². The standard InChI is InChI=1S/C10H13N3O2/c1-15-10(14)9-3-2-8(4-12-9)13-5-7(11)6-13/h2-4,7H,5-6,11H2,1H3. The molecule has 1 aromatic heterocycles. The largest absolute Gasteiger partial charge is 0.464 e. The van der Waals surface area contributed by atoms with Crippen molar-refractivity contribution in [1.29, 1.82) is 0 Å². The van der Waals surface area contributed by atoms with E-state index in [4.69, 9.17) is 5.73 Å². The third-order valence-electron chi connectivity index (χ3n) is 2.42. The molecule has 0 aliphatic carbocycles. The number of nitrogens with two attached hydrogens (primary N) is 1. The van der Waals surface area contributed by atoms with Crippen LogP contribution in [0.25, 0.3) is 0 Å². The fourth-order valence-corrected chi connectivity index (χ4v) is 1.52. The van der Waals surface area contributed by atoms with Crippen molar-refractivity contribution in [3.8, 4) is 0 Å². The maximum absolute atomic E-state index is 11.1. The van der Waals surface area contributed by atoms with Crippen LogP contribution in [-0.4, -0.2) is 37.2 Å². The maximum Gasteiger partial charge on any atom is 0.356 e. The molecule has 0 bridgehead atoms. The number of methoxy groups -OCH3 is 1. The second-order valence-corrected chi connectivity index (χ2v) is 3.56. The van der Waals surface area contributed by atoms with Gasteiger partial charge in [0.15, 0.2) is 0 Å². The first kappa shape index (κ1) is 9.92. The Morgan fingerprint density at radius 3 is 2.80 bits per heavy atom. The van der Waals surface area contributed by atoms with E-state index in [1.54, 1.807) is 12.3 Å². The molecule has 15 heavy (non-hydrogen) atoms. The number of carbonyl (C=O) groups excluding carboxylic acids is 1. The minimum absolute atomic E-state index is 0.255. The summed E-state index contributed by atoms with van der Waals surface area (Å²) in [7, 11) is 1.34. The highest BCUT2D eigenvalue weighted by molar-refractivity contribution is 5.87. The molecule has 0 radical (unpaired) electrons. The summed E-state index contributed by atoms with van der Waals surface area (Å²) in [5.74, 6) is -0.415. The molecule has 0 aromatic carbocycles. The number of ether oxygens (including phenoxy) is 1. The Hall–Kier alpha value is -1.62. The van der Waals surface area contributed by atoms with E-state index in [2.05, 4.69) is 14.6 Å². The molecule has 5 nitrogen and oxygen atoms in total. The predicted molar refractivity (Wildman–Crippen MR) is 55.8 cm³/mol. The average molecular weight is 207 g/mol. The van der Waals surface area contributed by atoms with Gasteiger partial charge in [0.25, 0.3) is 0 Å². The number of carbonyl (C=O) groups is 1. The number of pyridine rings is 1. The first-order valence-corrected chi connectivity index (χ1v) is 4.75. The number of esters is 1. The number of nitrogens with zero attached hydrogens (tertiary/aromatic N) is 2. The molecule has 1 aromatic rings. The summed E-state index contributed by atoms with van der Waals surface area (Å²) in [4.78, 5) is 17.2. The molecule has 2 N–H and O–H groups in total. The summed E-state index contributed by atoms with van der Waals surface area (Å²) in [6, 6.07) is 3.76. The normalized spacial score (nSPS) is 16.0. The zero-order valence-electron chi connectivity index (χ0n) is 8.51. The van der Waals surface area contributed by atoms with Crippen molar-refractivity contribution in [2.75, 3.05) is 25.1 Å². The molecule has 0 spiro atoms. The monoisotopic (exact) mass is 207 g/mol. The van der Waals surface area contributed by atoms with Crippen LogP contribution in [0.2, 0.25) is 0 Å². The highest BCUT2D eigenvalue weighted by Gasteiger charge is 2.23. The Morgan fingerprint density at radius 1 is 1.60 bits per heavy atom. The molecular weight excluding hydrogens is 194 g/mol. The Balaban J connectivity index is 2.07. The summed E-state index contributed by atoms with van der Waals surface area (Å²) in [6.45, 7) is 1.69. The van der Waals surface area contributed by atoms with Crippen molar-refractivity contribution in [2.24, 2.45) is 5.73 Å². The van der Waals surface area contributed by atoms with Gasteiger partial charge in [-0.15, -0.1) is 0 Å². The average Bonchev–Trinajstić information content (AvgIpc) is 2.24. The lowest BCUT2D eigenvalue weighted by molar-refractivity contribution is 0.0594. The van der Waals surface area contributed by atoms with E-state index < -0.39 is 5.97 Å². The van der Waals surface area contributed by atoms with Crippen molar-refractivity contribution < 1.29 is 9.53 Å². The van der Waals surface area contributed by atoms with Crippen molar-refractivity contribution >= 4 is 11.7 Å². The van der Waals surface area contributed by atoms with E-state index in [1.807, 2.05) is 6.07 Å². The van der Waals surface area contributed by atoms with Gasteiger partial charge in [-0.3, -0.25) is 0 Å². The molecule has 5 heteroatoms. The lowest BCUT2D eigenvalue weighted by Gasteiger charge is -2.38. The van der Waals surface area contributed by atoms with Gasteiger partial charge >= 0.3 is 5.97 Å². The second kappa shape index (κ2) is 3.86. The minimum Gasteiger partial charge on any atom is -0.464 e. The van der Waals surface area contributed by atoms with Crippen LogP contribution in [0.1, 0.15) is 10.5 Å². The molecule has 1 aliphatic heterocycles. The Bertz CT molecular complexity index is 357. The first-order valence-electron chi connectivity index (χ1n) is 4.75. The van der Waals surface area contributed by atoms with E-state index in [0.717, 1.165) is 18.8 Å². The van der Waals surface area contributed by atoms with Crippen molar-refractivity contribution in [1.82, 2.24) is 4.98 Å². The molecule has 0 atom stereocenters. The zero-order chi connectivity index (χ0) is 10.8. The maximum atomic E-state index is 11.1. The summed E-state index contributed by atoms with van der Waals surface area (Å²) in [5, 5.41) is 0. The van der Waals surface area contributed by atoms with Crippen LogP contribution in [-0.2, 0) is 4.74 Å². The van der Waals surface area contributed by atoms with Gasteiger partial charge in [-0.25, -0.2) is 9.78 Å². The summed E-state index contributed by atoms with van der Waals surface area (Å²) >= 11 is 0. The fraction of sp³-hybridized carbons (Fsp3) is 0.400. The molecule has 1 aliphatic rings. The minimum atomic E-state index is -0.415. The highest BCUT2D eigenvalue weighted by atomic mass is 16.5. The van der Waals surface area contributed by atoms with Crippen LogP contribution >= 0.6 is 0 Å². The molecule has 80 valence electrons. The van der Waals surface area contributed by atoms with Crippen LogP contribution in [0.3, 0.4) is 0 Å². The van der Waals surface area contributed by atoms with E-state index in [-0.39, 0.29) is 6.04 Å². The number of rotatable bonds is 2. The van der Waals surface area contributed by atoms with E-state index >= 15 is 0 Å². The quantitative estimate of drug-likeness (QED) is 0.692. The molecule has 0 unspecified atom stereocenters. The number of aromatic nitrogens is 1. The van der Waals surface area contributed by atoms with E-state index in [0.29, 0.717) is 5.69 Å². The molecule has 2 heterocycles. The fourth-order valence-electron chi connectivity index (χ4n) is 1.52. The smallest absolute Gasteiger partial charge is 0.356 e. The Morgan fingerprint density at radius 2 is 2.33 bits per heavy atom. The topological polar surface area (TPSA) is 68.5 Å². The number of hydrogen-bond acceptors (Lipinski definition) is 5. The van der Waals surface area contributed by atoms with Crippen molar-refractivity contribution in [2.45, 2.75) is 6.04 Å². The summed E-state index contributed by atoms with van der Waals surface area (Å²) in [6.07, 6.45) is 1.66. The predicted octanol–water partition coefficient (Wildman–Crippen LogP) is 0.0155. The second-order valence-electron chi connectivity index (χ2n) is 3.56. The zero-order valence-corrected chi connectivity index (χ0v) is 8.51. The van der Waals surface area contributed by atoms with Crippen molar-refractivity contribution in [3.05, 3.63) is 24.0 Å². The summed E-state index contributed by atoms with van der Waals surface area (Å²) < 4.78 is 4.56. The lowest BCUT2D eigenvalue weighted by atomic mass is 10.1. The van der Waals surface area contributed by atoms with Gasteiger partial charge in [0.05, 0.1) is 19.0 Å². The highest BCUT2D eigenvalue weighted by Crippen LogP contribution is 2.18. The van der Waals surface area contributed by atoms with Gasteiger partial charge in [-0.1, -0.05) is 0 Å². The Kier molecular flexibility index (Phi) is 2.55. The third kappa shape index (κ3) is 1.92. The van der Waals surface area contributed by atoms with E-state index in [9.17, 15) is 4.79 Å². The number of hydrogen-bond donors (Lipinski definition) is 1. The van der Waals surface area contributed by atoms with Gasteiger partial charge in [-0.05, 0) is 12.1 Å². The van der Waals surface area contributed by atoms with Crippen LogP contribution < -0.4 is 10.6 Å². The van der Waals surface area contributed by atoms with Crippen LogP contribution in [0, 0.1) is 0 Å². The molecule has 1 fully saturated rings. The molecule has 1 saturated heterocycles. The Labute approximate surface area is 87.8 Å². The molecule has 0 saturated carbocycles. The number of anilines is 1. The van der Waals surface area contributed by atoms with E-state index in [1.165, 1.54) is 7.11 Å². The van der Waals surface area contributed by atoms with Crippen molar-refractivity contribution in [3.63, 3.8) is 0 Å². The SMILES string of the molecule is COC(=O)c1ccc(N2CC(N)C2)cn1. The molecule has 2 rings (SSSR count). The van der Waals surface area contributed by atoms with Gasteiger partial charge in [0.1, 0.15) is 5.69 Å². The van der Waals surface area contributed by atoms with Gasteiger partial charge in [0, 0.05) is 19.1 Å². The molecular formula is C10H13N3O2. The lowest BCUT2D eigenvalue weighted by Crippen LogP contribution is -2.55. The van der Waals surface area contributed by atoms with Gasteiger partial charge < -0.3 is 15.4 Å². The third-order valence-corrected chi connectivity index (χ3v) is 2.42. The van der Waals surface area contributed by atoms with Gasteiger partial charge in [-0.2, -0.15) is 0 Å². The van der Waals surface area contributed by atoms with Crippen LogP contribution in [0.5, 0.6) is 0 Å². The molecule has 0 amide bonds. The first-order chi connectivity index (χ1) is 7.20. The van der Waals surface area contributed by atoms with Gasteiger partial charge in [0.2, 0.25) is 0 Å². The summed E-state index contributed by atoms with van der Waals surface area (Å²) in [5.41, 5.74) is 6.98.